The number of carbonyl (C=O) groups excluding carboxylic acids is 1. The van der Waals surface area contributed by atoms with Crippen molar-refractivity contribution in [3.05, 3.63) is 71.5 Å². The smallest absolute Gasteiger partial charge is 0.251 e. The lowest BCUT2D eigenvalue weighted by Gasteiger charge is -2.36. The van der Waals surface area contributed by atoms with Crippen LogP contribution in [0.5, 0.6) is 5.75 Å². The number of aromatic nitrogens is 4. The number of fused-ring (bicyclic) bond motifs is 3. The normalized spacial score (nSPS) is 14.8. The Balaban J connectivity index is 1.31. The van der Waals surface area contributed by atoms with E-state index in [9.17, 15) is 4.79 Å². The number of carbonyl (C=O) groups is 1. The zero-order valence-corrected chi connectivity index (χ0v) is 21.9. The van der Waals surface area contributed by atoms with Crippen LogP contribution in [0.25, 0.3) is 22.5 Å². The molecule has 0 spiro atoms. The number of aryl methyl sites for hydroxylation is 3. The molecule has 2 aromatic heterocycles. The quantitative estimate of drug-likeness (QED) is 0.391. The molecule has 3 heterocycles. The zero-order chi connectivity index (χ0) is 26.2. The van der Waals surface area contributed by atoms with E-state index < -0.39 is 0 Å². The van der Waals surface area contributed by atoms with E-state index >= 15 is 0 Å². The van der Waals surface area contributed by atoms with Gasteiger partial charge in [0.15, 0.2) is 0 Å². The van der Waals surface area contributed by atoms with Crippen LogP contribution in [0.1, 0.15) is 28.5 Å². The summed E-state index contributed by atoms with van der Waals surface area (Å²) in [4.78, 5) is 24.5. The van der Waals surface area contributed by atoms with Crippen LogP contribution in [0.3, 0.4) is 0 Å². The second kappa shape index (κ2) is 9.90. The largest absolute Gasteiger partial charge is 0.492 e. The van der Waals surface area contributed by atoms with Crippen molar-refractivity contribution in [1.29, 1.82) is 0 Å². The van der Waals surface area contributed by atoms with Crippen LogP contribution in [0, 0.1) is 0 Å². The Morgan fingerprint density at radius 1 is 1.11 bits per heavy atom. The standard InChI is InChI=1S/C29H31N7O2/c1-4-38-24-14-19(28(37)31-21-16-35(2)17-21)10-12-22(24)32-29-30-15-20-11-13-23-25(26(20)33-29)27(36(3)34-23)18-8-6-5-7-9-18/h5-10,12,14-15,21H,4,11,13,16-17H2,1-3H3,(H,31,37)(H,30,32,33). The van der Waals surface area contributed by atoms with E-state index in [2.05, 4.69) is 32.7 Å². The van der Waals surface area contributed by atoms with Crippen LogP contribution in [0.2, 0.25) is 0 Å². The molecule has 4 aromatic rings. The minimum atomic E-state index is -0.0989. The van der Waals surface area contributed by atoms with Crippen molar-refractivity contribution < 1.29 is 9.53 Å². The molecule has 0 saturated carbocycles. The highest BCUT2D eigenvalue weighted by Crippen LogP contribution is 2.40. The summed E-state index contributed by atoms with van der Waals surface area (Å²) in [6.07, 6.45) is 3.60. The van der Waals surface area contributed by atoms with E-state index in [1.807, 2.05) is 56.2 Å². The minimum Gasteiger partial charge on any atom is -0.492 e. The molecule has 6 rings (SSSR count). The molecular formula is C29H31N7O2. The summed E-state index contributed by atoms with van der Waals surface area (Å²) in [5.41, 5.74) is 7.53. The number of likely N-dealkylation sites (tertiary alicyclic amines) is 1. The first-order valence-corrected chi connectivity index (χ1v) is 13.0. The number of nitrogens with one attached hydrogen (secondary N) is 2. The van der Waals surface area contributed by atoms with E-state index in [0.717, 1.165) is 59.7 Å². The summed E-state index contributed by atoms with van der Waals surface area (Å²) < 4.78 is 7.84. The molecule has 1 aliphatic carbocycles. The Kier molecular flexibility index (Phi) is 6.29. The number of hydrogen-bond donors (Lipinski definition) is 2. The minimum absolute atomic E-state index is 0.0989. The molecule has 1 aliphatic heterocycles. The molecule has 2 N–H and O–H groups in total. The molecule has 9 nitrogen and oxygen atoms in total. The van der Waals surface area contributed by atoms with Crippen molar-refractivity contribution >= 4 is 17.5 Å². The molecule has 1 fully saturated rings. The lowest BCUT2D eigenvalue weighted by Crippen LogP contribution is -2.57. The summed E-state index contributed by atoms with van der Waals surface area (Å²) in [7, 11) is 4.02. The number of ether oxygens (including phenoxy) is 1. The van der Waals surface area contributed by atoms with Gasteiger partial charge in [-0.15, -0.1) is 0 Å². The molecule has 0 atom stereocenters. The van der Waals surface area contributed by atoms with Crippen molar-refractivity contribution in [3.63, 3.8) is 0 Å². The van der Waals surface area contributed by atoms with Gasteiger partial charge < -0.3 is 20.3 Å². The fourth-order valence-electron chi connectivity index (χ4n) is 5.27. The van der Waals surface area contributed by atoms with Gasteiger partial charge in [-0.1, -0.05) is 30.3 Å². The van der Waals surface area contributed by atoms with Gasteiger partial charge in [0.05, 0.1) is 35.4 Å². The Morgan fingerprint density at radius 3 is 2.68 bits per heavy atom. The molecule has 38 heavy (non-hydrogen) atoms. The molecule has 0 bridgehead atoms. The molecule has 9 heteroatoms. The van der Waals surface area contributed by atoms with Gasteiger partial charge in [-0.3, -0.25) is 9.48 Å². The van der Waals surface area contributed by atoms with E-state index in [1.165, 1.54) is 0 Å². The number of nitrogens with zero attached hydrogens (tertiary/aromatic N) is 5. The van der Waals surface area contributed by atoms with E-state index in [4.69, 9.17) is 14.8 Å². The molecule has 2 aromatic carbocycles. The fraction of sp³-hybridized carbons (Fsp3) is 0.310. The predicted molar refractivity (Wildman–Crippen MR) is 147 cm³/mol. The van der Waals surface area contributed by atoms with Crippen LogP contribution < -0.4 is 15.4 Å². The first kappa shape index (κ1) is 24.1. The maximum atomic E-state index is 12.8. The third-order valence-corrected chi connectivity index (χ3v) is 7.09. The monoisotopic (exact) mass is 509 g/mol. The average Bonchev–Trinajstić information content (AvgIpc) is 3.25. The lowest BCUT2D eigenvalue weighted by atomic mass is 9.91. The summed E-state index contributed by atoms with van der Waals surface area (Å²) in [5.74, 6) is 0.951. The van der Waals surface area contributed by atoms with Crippen molar-refractivity contribution in [3.8, 4) is 28.3 Å². The van der Waals surface area contributed by atoms with Gasteiger partial charge in [-0.2, -0.15) is 5.10 Å². The number of rotatable bonds is 7. The SMILES string of the molecule is CCOc1cc(C(=O)NC2CN(C)C2)ccc1Nc1ncc2c(n1)-c1c(nn(C)c1-c1ccccc1)CC2. The third kappa shape index (κ3) is 4.50. The van der Waals surface area contributed by atoms with Gasteiger partial charge in [0.2, 0.25) is 5.95 Å². The summed E-state index contributed by atoms with van der Waals surface area (Å²) >= 11 is 0. The fourth-order valence-corrected chi connectivity index (χ4v) is 5.27. The van der Waals surface area contributed by atoms with Gasteiger partial charge in [-0.05, 0) is 50.6 Å². The Labute approximate surface area is 221 Å². The number of anilines is 2. The topological polar surface area (TPSA) is 97.2 Å². The predicted octanol–water partition coefficient (Wildman–Crippen LogP) is 3.83. The highest BCUT2D eigenvalue weighted by molar-refractivity contribution is 5.95. The lowest BCUT2D eigenvalue weighted by molar-refractivity contribution is 0.0857. The second-order valence-electron chi connectivity index (χ2n) is 9.89. The van der Waals surface area contributed by atoms with Crippen molar-refractivity contribution in [2.75, 3.05) is 32.1 Å². The van der Waals surface area contributed by atoms with Crippen LogP contribution >= 0.6 is 0 Å². The molecule has 1 saturated heterocycles. The first-order valence-electron chi connectivity index (χ1n) is 13.0. The number of amides is 1. The maximum absolute atomic E-state index is 12.8. The van der Waals surface area contributed by atoms with Gasteiger partial charge in [-0.25, -0.2) is 9.97 Å². The number of likely N-dealkylation sites (N-methyl/N-ethyl adjacent to an activating group) is 1. The molecule has 0 radical (unpaired) electrons. The summed E-state index contributed by atoms with van der Waals surface area (Å²) in [6.45, 7) is 4.12. The Hall–Kier alpha value is -4.24. The number of benzene rings is 2. The Morgan fingerprint density at radius 2 is 1.92 bits per heavy atom. The molecule has 2 aliphatic rings. The van der Waals surface area contributed by atoms with Crippen LogP contribution in [-0.2, 0) is 19.9 Å². The first-order chi connectivity index (χ1) is 18.5. The van der Waals surface area contributed by atoms with Crippen LogP contribution in [0.4, 0.5) is 11.6 Å². The molecular weight excluding hydrogens is 478 g/mol. The highest BCUT2D eigenvalue weighted by atomic mass is 16.5. The van der Waals surface area contributed by atoms with Crippen LogP contribution in [-0.4, -0.2) is 63.3 Å². The Bertz CT molecular complexity index is 1490. The van der Waals surface area contributed by atoms with Gasteiger partial charge in [0.1, 0.15) is 5.75 Å². The molecule has 0 unspecified atom stereocenters. The van der Waals surface area contributed by atoms with Crippen molar-refractivity contribution in [2.45, 2.75) is 25.8 Å². The van der Waals surface area contributed by atoms with E-state index in [0.29, 0.717) is 29.6 Å². The van der Waals surface area contributed by atoms with Crippen molar-refractivity contribution in [2.24, 2.45) is 7.05 Å². The van der Waals surface area contributed by atoms with Crippen molar-refractivity contribution in [1.82, 2.24) is 30.0 Å². The molecule has 1 amide bonds. The van der Waals surface area contributed by atoms with E-state index in [-0.39, 0.29) is 11.9 Å². The summed E-state index contributed by atoms with van der Waals surface area (Å²) in [5, 5.41) is 11.2. The van der Waals surface area contributed by atoms with Gasteiger partial charge in [0.25, 0.3) is 5.91 Å². The van der Waals surface area contributed by atoms with Crippen LogP contribution in [0.15, 0.2) is 54.7 Å². The second-order valence-corrected chi connectivity index (χ2v) is 9.89. The van der Waals surface area contributed by atoms with Gasteiger partial charge >= 0.3 is 0 Å². The third-order valence-electron chi connectivity index (χ3n) is 7.09. The summed E-state index contributed by atoms with van der Waals surface area (Å²) in [6, 6.07) is 15.9. The number of hydrogen-bond acceptors (Lipinski definition) is 7. The van der Waals surface area contributed by atoms with Gasteiger partial charge in [0, 0.05) is 43.0 Å². The zero-order valence-electron chi connectivity index (χ0n) is 21.9. The average molecular weight is 510 g/mol. The molecule has 194 valence electrons. The van der Waals surface area contributed by atoms with E-state index in [1.54, 1.807) is 12.1 Å². The highest BCUT2D eigenvalue weighted by Gasteiger charge is 2.28. The maximum Gasteiger partial charge on any atom is 0.251 e.